The summed E-state index contributed by atoms with van der Waals surface area (Å²) in [4.78, 5) is 13.8. The van der Waals surface area contributed by atoms with Gasteiger partial charge < -0.3 is 5.32 Å². The molecule has 0 aromatic rings. The summed E-state index contributed by atoms with van der Waals surface area (Å²) in [6.07, 6.45) is 0.274. The van der Waals surface area contributed by atoms with E-state index in [9.17, 15) is 4.79 Å². The molecule has 1 rings (SSSR count). The fourth-order valence-electron chi connectivity index (χ4n) is 1.97. The Morgan fingerprint density at radius 3 is 2.87 bits per heavy atom. The van der Waals surface area contributed by atoms with E-state index in [1.807, 2.05) is 6.92 Å². The molecular weight excluding hydrogens is 190 g/mol. The average Bonchev–Trinajstić information content (AvgIpc) is 2.29. The van der Waals surface area contributed by atoms with Gasteiger partial charge in [-0.05, 0) is 12.0 Å². The first-order valence-electron chi connectivity index (χ1n) is 5.39. The number of nitriles is 1. The van der Waals surface area contributed by atoms with Crippen LogP contribution in [0.3, 0.4) is 0 Å². The van der Waals surface area contributed by atoms with Crippen molar-refractivity contribution in [2.45, 2.75) is 33.2 Å². The number of hydrogen-bond donors (Lipinski definition) is 1. The number of carbonyl (C=O) groups excluding carboxylic acids is 1. The lowest BCUT2D eigenvalue weighted by Gasteiger charge is -2.30. The lowest BCUT2D eigenvalue weighted by Crippen LogP contribution is -2.44. The second-order valence-electron chi connectivity index (χ2n) is 4.82. The van der Waals surface area contributed by atoms with Gasteiger partial charge >= 0.3 is 0 Å². The summed E-state index contributed by atoms with van der Waals surface area (Å²) in [5, 5.41) is 11.6. The lowest BCUT2D eigenvalue weighted by molar-refractivity contribution is -0.125. The molecular formula is C11H19N3O. The van der Waals surface area contributed by atoms with Crippen LogP contribution in [0.15, 0.2) is 0 Å². The third-order valence-electron chi connectivity index (χ3n) is 2.81. The van der Waals surface area contributed by atoms with Crippen LogP contribution in [0.5, 0.6) is 0 Å². The maximum Gasteiger partial charge on any atom is 0.238 e. The van der Waals surface area contributed by atoms with Crippen LogP contribution >= 0.6 is 0 Å². The van der Waals surface area contributed by atoms with Crippen LogP contribution in [-0.2, 0) is 4.79 Å². The molecule has 0 aromatic heterocycles. The van der Waals surface area contributed by atoms with E-state index in [0.29, 0.717) is 6.54 Å². The van der Waals surface area contributed by atoms with E-state index in [0.717, 1.165) is 13.1 Å². The van der Waals surface area contributed by atoms with Crippen LogP contribution in [0.25, 0.3) is 0 Å². The Kier molecular flexibility index (Phi) is 3.70. The number of rotatable bonds is 2. The van der Waals surface area contributed by atoms with E-state index in [4.69, 9.17) is 5.26 Å². The molecule has 4 nitrogen and oxygen atoms in total. The highest BCUT2D eigenvalue weighted by atomic mass is 16.2. The van der Waals surface area contributed by atoms with Crippen LogP contribution in [0.1, 0.15) is 27.2 Å². The smallest absolute Gasteiger partial charge is 0.238 e. The highest BCUT2D eigenvalue weighted by Crippen LogP contribution is 2.21. The van der Waals surface area contributed by atoms with Crippen molar-refractivity contribution in [3.05, 3.63) is 0 Å². The van der Waals surface area contributed by atoms with Gasteiger partial charge in [0.1, 0.15) is 6.04 Å². The largest absolute Gasteiger partial charge is 0.354 e. The summed E-state index contributed by atoms with van der Waals surface area (Å²) < 4.78 is 0. The number of likely N-dealkylation sites (N-methyl/N-ethyl adjacent to an activating group) is 1. The molecule has 0 bridgehead atoms. The van der Waals surface area contributed by atoms with E-state index in [-0.39, 0.29) is 23.8 Å². The Balaban J connectivity index is 2.84. The molecule has 0 aliphatic carbocycles. The Hall–Kier alpha value is -1.08. The van der Waals surface area contributed by atoms with Gasteiger partial charge in [0.05, 0.1) is 12.5 Å². The molecule has 1 fully saturated rings. The molecule has 1 amide bonds. The Morgan fingerprint density at radius 2 is 2.33 bits per heavy atom. The van der Waals surface area contributed by atoms with Crippen molar-refractivity contribution in [2.24, 2.45) is 5.41 Å². The highest BCUT2D eigenvalue weighted by molar-refractivity contribution is 5.82. The quantitative estimate of drug-likeness (QED) is 0.730. The molecule has 0 spiro atoms. The highest BCUT2D eigenvalue weighted by Gasteiger charge is 2.34. The van der Waals surface area contributed by atoms with Gasteiger partial charge in [0.15, 0.2) is 0 Å². The molecule has 15 heavy (non-hydrogen) atoms. The van der Waals surface area contributed by atoms with E-state index in [1.165, 1.54) is 0 Å². The third kappa shape index (κ3) is 2.93. The number of amides is 1. The first-order valence-corrected chi connectivity index (χ1v) is 5.39. The van der Waals surface area contributed by atoms with Gasteiger partial charge in [-0.2, -0.15) is 5.26 Å². The van der Waals surface area contributed by atoms with Gasteiger partial charge in [0.2, 0.25) is 5.91 Å². The van der Waals surface area contributed by atoms with E-state index in [1.54, 1.807) is 0 Å². The second kappa shape index (κ2) is 4.63. The molecule has 1 heterocycles. The molecule has 1 aliphatic heterocycles. The number of nitrogens with one attached hydrogen (secondary N) is 1. The van der Waals surface area contributed by atoms with Gasteiger partial charge in [-0.1, -0.05) is 20.8 Å². The number of hydrogen-bond acceptors (Lipinski definition) is 3. The maximum atomic E-state index is 11.8. The first-order chi connectivity index (χ1) is 7.00. The molecule has 84 valence electrons. The maximum absolute atomic E-state index is 11.8. The molecule has 1 saturated heterocycles. The van der Waals surface area contributed by atoms with Crippen LogP contribution < -0.4 is 5.32 Å². The zero-order chi connectivity index (χ0) is 11.5. The lowest BCUT2D eigenvalue weighted by atomic mass is 9.93. The van der Waals surface area contributed by atoms with Crippen LogP contribution in [0, 0.1) is 16.7 Å². The van der Waals surface area contributed by atoms with Gasteiger partial charge in [-0.15, -0.1) is 0 Å². The molecule has 4 heteroatoms. The van der Waals surface area contributed by atoms with Crippen LogP contribution in [0.4, 0.5) is 0 Å². The summed E-state index contributed by atoms with van der Waals surface area (Å²) in [5.74, 6) is -0.0102. The van der Waals surface area contributed by atoms with Crippen LogP contribution in [0.2, 0.25) is 0 Å². The minimum atomic E-state index is -0.276. The molecule has 1 unspecified atom stereocenters. The summed E-state index contributed by atoms with van der Waals surface area (Å²) >= 11 is 0. The van der Waals surface area contributed by atoms with Crippen molar-refractivity contribution >= 4 is 5.91 Å². The standard InChI is InChI=1S/C11H19N3O/c1-4-14-8-11(2,3)7-13-10(15)9(14)5-6-12/h9H,4-5,7-8H2,1-3H3,(H,13,15). The zero-order valence-electron chi connectivity index (χ0n) is 9.71. The molecule has 1 N–H and O–H groups in total. The number of carbonyl (C=O) groups is 1. The normalized spacial score (nSPS) is 26.5. The van der Waals surface area contributed by atoms with Crippen molar-refractivity contribution in [3.63, 3.8) is 0 Å². The predicted molar refractivity (Wildman–Crippen MR) is 58.1 cm³/mol. The summed E-state index contributed by atoms with van der Waals surface area (Å²) in [6, 6.07) is 1.81. The molecule has 0 saturated carbocycles. The van der Waals surface area contributed by atoms with E-state index >= 15 is 0 Å². The first kappa shape index (κ1) is 12.0. The van der Waals surface area contributed by atoms with Gasteiger partial charge in [-0.25, -0.2) is 0 Å². The van der Waals surface area contributed by atoms with E-state index in [2.05, 4.69) is 30.1 Å². The van der Waals surface area contributed by atoms with Crippen molar-refractivity contribution in [1.82, 2.24) is 10.2 Å². The Bertz CT molecular complexity index is 280. The fraction of sp³-hybridized carbons (Fsp3) is 0.818. The SMILES string of the molecule is CCN1CC(C)(C)CNC(=O)C1CC#N. The van der Waals surface area contributed by atoms with Gasteiger partial charge in [0.25, 0.3) is 0 Å². The minimum absolute atomic E-state index is 0.0102. The summed E-state index contributed by atoms with van der Waals surface area (Å²) in [7, 11) is 0. The van der Waals surface area contributed by atoms with Crippen molar-refractivity contribution in [3.8, 4) is 6.07 Å². The number of nitrogens with zero attached hydrogens (tertiary/aromatic N) is 2. The van der Waals surface area contributed by atoms with Crippen molar-refractivity contribution in [2.75, 3.05) is 19.6 Å². The zero-order valence-corrected chi connectivity index (χ0v) is 9.71. The summed E-state index contributed by atoms with van der Waals surface area (Å²) in [5.41, 5.74) is 0.0792. The monoisotopic (exact) mass is 209 g/mol. The second-order valence-corrected chi connectivity index (χ2v) is 4.82. The van der Waals surface area contributed by atoms with Crippen molar-refractivity contribution < 1.29 is 4.79 Å². The molecule has 0 aromatic carbocycles. The molecule has 1 aliphatic rings. The third-order valence-corrected chi connectivity index (χ3v) is 2.81. The molecule has 0 radical (unpaired) electrons. The molecule has 1 atom stereocenters. The van der Waals surface area contributed by atoms with Gasteiger partial charge in [-0.3, -0.25) is 9.69 Å². The van der Waals surface area contributed by atoms with Crippen molar-refractivity contribution in [1.29, 1.82) is 5.26 Å². The average molecular weight is 209 g/mol. The van der Waals surface area contributed by atoms with E-state index < -0.39 is 0 Å². The van der Waals surface area contributed by atoms with Crippen LogP contribution in [-0.4, -0.2) is 36.5 Å². The Morgan fingerprint density at radius 1 is 1.67 bits per heavy atom. The van der Waals surface area contributed by atoms with Gasteiger partial charge in [0, 0.05) is 13.1 Å². The topological polar surface area (TPSA) is 56.1 Å². The summed E-state index contributed by atoms with van der Waals surface area (Å²) in [6.45, 7) is 8.64. The predicted octanol–water partition coefficient (Wildman–Crippen LogP) is 0.747. The minimum Gasteiger partial charge on any atom is -0.354 e. The fourth-order valence-corrected chi connectivity index (χ4v) is 1.97. The Labute approximate surface area is 91.2 Å².